The maximum atomic E-state index is 12.3. The quantitative estimate of drug-likeness (QED) is 0.605. The molecule has 128 valence electrons. The topological polar surface area (TPSA) is 72.7 Å². The number of carbonyl (C=O) groups excluding carboxylic acids is 1. The first-order valence-electron chi connectivity index (χ1n) is 8.33. The lowest BCUT2D eigenvalue weighted by atomic mass is 10.2. The molecule has 26 heavy (non-hydrogen) atoms. The number of hydrogen-bond donors (Lipinski definition) is 1. The van der Waals surface area contributed by atoms with Gasteiger partial charge in [0.25, 0.3) is 5.91 Å². The zero-order valence-corrected chi connectivity index (χ0v) is 14.0. The number of aromatic nitrogens is 4. The third kappa shape index (κ3) is 3.30. The Morgan fingerprint density at radius 3 is 2.58 bits per heavy atom. The maximum Gasteiger partial charge on any atom is 0.251 e. The van der Waals surface area contributed by atoms with E-state index in [1.807, 2.05) is 34.9 Å². The van der Waals surface area contributed by atoms with E-state index >= 15 is 0 Å². The van der Waals surface area contributed by atoms with Crippen LogP contribution in [0.5, 0.6) is 0 Å². The number of pyridine rings is 2. The first kappa shape index (κ1) is 16.0. The van der Waals surface area contributed by atoms with E-state index in [1.54, 1.807) is 30.7 Å². The van der Waals surface area contributed by atoms with Crippen molar-refractivity contribution in [3.8, 4) is 0 Å². The Labute approximate surface area is 150 Å². The predicted octanol–water partition coefficient (Wildman–Crippen LogP) is 2.80. The summed E-state index contributed by atoms with van der Waals surface area (Å²) in [4.78, 5) is 25.4. The second-order valence-corrected chi connectivity index (χ2v) is 5.86. The molecule has 4 aromatic rings. The van der Waals surface area contributed by atoms with Gasteiger partial charge < -0.3 is 9.88 Å². The summed E-state index contributed by atoms with van der Waals surface area (Å²) in [6, 6.07) is 17.3. The Morgan fingerprint density at radius 1 is 0.962 bits per heavy atom. The zero-order chi connectivity index (χ0) is 17.8. The summed E-state index contributed by atoms with van der Waals surface area (Å²) in [5.41, 5.74) is 3.35. The van der Waals surface area contributed by atoms with Gasteiger partial charge in [-0.05, 0) is 29.8 Å². The number of nitrogens with zero attached hydrogens (tertiary/aromatic N) is 4. The average molecular weight is 343 g/mol. The van der Waals surface area contributed by atoms with Crippen LogP contribution in [0.1, 0.15) is 21.7 Å². The van der Waals surface area contributed by atoms with Crippen molar-refractivity contribution < 1.29 is 4.79 Å². The fourth-order valence-corrected chi connectivity index (χ4v) is 2.84. The van der Waals surface area contributed by atoms with Crippen molar-refractivity contribution in [1.82, 2.24) is 24.8 Å². The Kier molecular flexibility index (Phi) is 4.38. The van der Waals surface area contributed by atoms with E-state index in [2.05, 4.69) is 32.4 Å². The second kappa shape index (κ2) is 7.14. The van der Waals surface area contributed by atoms with Gasteiger partial charge in [0.2, 0.25) is 0 Å². The molecule has 0 radical (unpaired) electrons. The smallest absolute Gasteiger partial charge is 0.251 e. The minimum absolute atomic E-state index is 0.154. The monoisotopic (exact) mass is 343 g/mol. The molecule has 0 atom stereocenters. The third-order valence-corrected chi connectivity index (χ3v) is 4.12. The lowest BCUT2D eigenvalue weighted by molar-refractivity contribution is 0.0949. The van der Waals surface area contributed by atoms with Gasteiger partial charge >= 0.3 is 0 Å². The number of amides is 1. The highest BCUT2D eigenvalue weighted by atomic mass is 16.1. The van der Waals surface area contributed by atoms with Gasteiger partial charge in [-0.3, -0.25) is 9.78 Å². The molecule has 0 saturated heterocycles. The van der Waals surface area contributed by atoms with Crippen LogP contribution in [0.25, 0.3) is 11.2 Å². The minimum Gasteiger partial charge on any atom is -0.345 e. The largest absolute Gasteiger partial charge is 0.345 e. The first-order valence-corrected chi connectivity index (χ1v) is 8.33. The molecule has 3 aromatic heterocycles. The van der Waals surface area contributed by atoms with Gasteiger partial charge in [-0.25, -0.2) is 9.97 Å². The van der Waals surface area contributed by atoms with Gasteiger partial charge in [0, 0.05) is 24.2 Å². The SMILES string of the molecule is O=C(NCc1nc2cccnc2n1Cc1ccccc1)c1ccncc1. The number of fused-ring (bicyclic) bond motifs is 1. The number of imidazole rings is 1. The second-order valence-electron chi connectivity index (χ2n) is 5.86. The summed E-state index contributed by atoms with van der Waals surface area (Å²) in [6.45, 7) is 0.971. The Hall–Kier alpha value is -3.54. The molecule has 0 aliphatic rings. The van der Waals surface area contributed by atoms with Crippen LogP contribution in [-0.2, 0) is 13.1 Å². The van der Waals surface area contributed by atoms with Crippen LogP contribution in [0, 0.1) is 0 Å². The fraction of sp³-hybridized carbons (Fsp3) is 0.100. The molecule has 0 spiro atoms. The van der Waals surface area contributed by atoms with Crippen LogP contribution < -0.4 is 5.32 Å². The van der Waals surface area contributed by atoms with Gasteiger partial charge in [-0.2, -0.15) is 0 Å². The van der Waals surface area contributed by atoms with E-state index in [9.17, 15) is 4.79 Å². The van der Waals surface area contributed by atoms with Crippen LogP contribution >= 0.6 is 0 Å². The number of carbonyl (C=O) groups is 1. The molecule has 0 fully saturated rings. The highest BCUT2D eigenvalue weighted by Crippen LogP contribution is 2.16. The lowest BCUT2D eigenvalue weighted by Crippen LogP contribution is -2.25. The molecule has 4 rings (SSSR count). The predicted molar refractivity (Wildman–Crippen MR) is 98.5 cm³/mol. The van der Waals surface area contributed by atoms with Crippen molar-refractivity contribution in [3.05, 3.63) is 90.1 Å². The van der Waals surface area contributed by atoms with Crippen LogP contribution in [0.2, 0.25) is 0 Å². The molecule has 3 heterocycles. The lowest BCUT2D eigenvalue weighted by Gasteiger charge is -2.10. The van der Waals surface area contributed by atoms with Crippen molar-refractivity contribution in [2.75, 3.05) is 0 Å². The standard InChI is InChI=1S/C20H17N5O/c26-20(16-8-11-21-12-9-16)23-13-18-24-17-7-4-10-22-19(17)25(18)14-15-5-2-1-3-6-15/h1-12H,13-14H2,(H,23,26). The summed E-state index contributed by atoms with van der Waals surface area (Å²) in [7, 11) is 0. The van der Waals surface area contributed by atoms with E-state index in [4.69, 9.17) is 0 Å². The molecule has 1 amide bonds. The molecule has 6 nitrogen and oxygen atoms in total. The van der Waals surface area contributed by atoms with Crippen LogP contribution in [-0.4, -0.2) is 25.4 Å². The number of nitrogens with one attached hydrogen (secondary N) is 1. The van der Waals surface area contributed by atoms with Gasteiger partial charge in [0.15, 0.2) is 5.65 Å². The van der Waals surface area contributed by atoms with Crippen molar-refractivity contribution in [1.29, 1.82) is 0 Å². The van der Waals surface area contributed by atoms with Gasteiger partial charge in [-0.15, -0.1) is 0 Å². The zero-order valence-electron chi connectivity index (χ0n) is 14.0. The summed E-state index contributed by atoms with van der Waals surface area (Å²) in [5.74, 6) is 0.614. The molecular formula is C20H17N5O. The Balaban J connectivity index is 1.62. The van der Waals surface area contributed by atoms with Gasteiger partial charge in [0.05, 0.1) is 13.1 Å². The average Bonchev–Trinajstić information content (AvgIpc) is 3.05. The molecule has 0 saturated carbocycles. The summed E-state index contributed by atoms with van der Waals surface area (Å²) >= 11 is 0. The van der Waals surface area contributed by atoms with Crippen LogP contribution in [0.15, 0.2) is 73.2 Å². The molecule has 6 heteroatoms. The van der Waals surface area contributed by atoms with Crippen molar-refractivity contribution >= 4 is 17.1 Å². The fourth-order valence-electron chi connectivity index (χ4n) is 2.84. The first-order chi connectivity index (χ1) is 12.8. The Bertz CT molecular complexity index is 1030. The Morgan fingerprint density at radius 2 is 1.77 bits per heavy atom. The molecule has 0 bridgehead atoms. The third-order valence-electron chi connectivity index (χ3n) is 4.12. The molecule has 1 N–H and O–H groups in total. The van der Waals surface area contributed by atoms with Crippen molar-refractivity contribution in [3.63, 3.8) is 0 Å². The number of hydrogen-bond acceptors (Lipinski definition) is 4. The van der Waals surface area contributed by atoms with Gasteiger partial charge in [0.1, 0.15) is 11.3 Å². The highest BCUT2D eigenvalue weighted by molar-refractivity contribution is 5.93. The highest BCUT2D eigenvalue weighted by Gasteiger charge is 2.13. The number of rotatable bonds is 5. The summed E-state index contributed by atoms with van der Waals surface area (Å²) in [6.07, 6.45) is 4.96. The van der Waals surface area contributed by atoms with E-state index in [-0.39, 0.29) is 5.91 Å². The van der Waals surface area contributed by atoms with Crippen molar-refractivity contribution in [2.45, 2.75) is 13.1 Å². The van der Waals surface area contributed by atoms with Gasteiger partial charge in [-0.1, -0.05) is 30.3 Å². The van der Waals surface area contributed by atoms with E-state index < -0.39 is 0 Å². The molecule has 0 unspecified atom stereocenters. The molecule has 1 aromatic carbocycles. The number of benzene rings is 1. The van der Waals surface area contributed by atoms with Crippen molar-refractivity contribution in [2.24, 2.45) is 0 Å². The molecule has 0 aliphatic heterocycles. The maximum absolute atomic E-state index is 12.3. The minimum atomic E-state index is -0.154. The van der Waals surface area contributed by atoms with E-state index in [1.165, 1.54) is 0 Å². The van der Waals surface area contributed by atoms with Crippen LogP contribution in [0.4, 0.5) is 0 Å². The van der Waals surface area contributed by atoms with E-state index in [0.717, 1.165) is 22.6 Å². The van der Waals surface area contributed by atoms with E-state index in [0.29, 0.717) is 18.7 Å². The van der Waals surface area contributed by atoms with Crippen LogP contribution in [0.3, 0.4) is 0 Å². The molecular weight excluding hydrogens is 326 g/mol. The molecule has 0 aliphatic carbocycles. The normalized spacial score (nSPS) is 10.8. The summed E-state index contributed by atoms with van der Waals surface area (Å²) < 4.78 is 2.04. The summed E-state index contributed by atoms with van der Waals surface area (Å²) in [5, 5.41) is 2.92.